The number of hydrogen-bond donors (Lipinski definition) is 0. The molecule has 4 atom stereocenters. The summed E-state index contributed by atoms with van der Waals surface area (Å²) in [5, 5.41) is 0. The Kier molecular flexibility index (Phi) is 3.67. The van der Waals surface area contributed by atoms with Crippen molar-refractivity contribution >= 4 is 5.97 Å². The molecule has 6 nitrogen and oxygen atoms in total. The fourth-order valence-electron chi connectivity index (χ4n) is 5.03. The molecular weight excluding hydrogens is 312 g/mol. The Morgan fingerprint density at radius 2 is 1.42 bits per heavy atom. The molecular formula is C18H26O6. The normalized spacial score (nSPS) is 43.2. The molecule has 3 heterocycles. The molecule has 5 rings (SSSR count). The lowest BCUT2D eigenvalue weighted by Crippen LogP contribution is -2.43. The van der Waals surface area contributed by atoms with Crippen LogP contribution in [0.3, 0.4) is 0 Å². The number of carbonyl (C=O) groups is 1. The summed E-state index contributed by atoms with van der Waals surface area (Å²) in [7, 11) is 0. The quantitative estimate of drug-likeness (QED) is 0.684. The highest BCUT2D eigenvalue weighted by Crippen LogP contribution is 2.47. The Balaban J connectivity index is 1.31. The van der Waals surface area contributed by atoms with Gasteiger partial charge in [0.2, 0.25) is 0 Å². The van der Waals surface area contributed by atoms with Gasteiger partial charge in [-0.1, -0.05) is 12.8 Å². The zero-order valence-electron chi connectivity index (χ0n) is 14.0. The van der Waals surface area contributed by atoms with Crippen LogP contribution >= 0.6 is 0 Å². The molecule has 134 valence electrons. The first kappa shape index (κ1) is 15.6. The Morgan fingerprint density at radius 3 is 2.12 bits per heavy atom. The van der Waals surface area contributed by atoms with E-state index in [9.17, 15) is 4.79 Å². The summed E-state index contributed by atoms with van der Waals surface area (Å²) in [6, 6.07) is 0. The van der Waals surface area contributed by atoms with E-state index < -0.39 is 23.8 Å². The molecule has 0 bridgehead atoms. The van der Waals surface area contributed by atoms with Crippen LogP contribution < -0.4 is 0 Å². The van der Waals surface area contributed by atoms with Crippen molar-refractivity contribution in [2.75, 3.05) is 6.61 Å². The molecule has 5 aliphatic rings. The van der Waals surface area contributed by atoms with Gasteiger partial charge in [-0.2, -0.15) is 0 Å². The van der Waals surface area contributed by atoms with Crippen LogP contribution in [0.15, 0.2) is 0 Å². The van der Waals surface area contributed by atoms with Crippen LogP contribution in [-0.4, -0.2) is 48.6 Å². The van der Waals surface area contributed by atoms with Gasteiger partial charge in [0.05, 0.1) is 6.61 Å². The van der Waals surface area contributed by atoms with Crippen LogP contribution in [0.5, 0.6) is 0 Å². The molecule has 0 radical (unpaired) electrons. The maximum Gasteiger partial charge on any atom is 0.338 e. The summed E-state index contributed by atoms with van der Waals surface area (Å²) in [6.07, 6.45) is 8.87. The van der Waals surface area contributed by atoms with E-state index in [1.807, 2.05) is 0 Å². The van der Waals surface area contributed by atoms with E-state index in [0.717, 1.165) is 51.4 Å². The number of esters is 1. The molecule has 0 aromatic rings. The van der Waals surface area contributed by atoms with E-state index in [4.69, 9.17) is 23.7 Å². The SMILES string of the molecule is O=C1O[C@H]([C@@H]2COC3(CCCCC3)O2)[C@@H]2OC3(CCCCC3)O[C@@H]12. The number of ether oxygens (including phenoxy) is 5. The fourth-order valence-corrected chi connectivity index (χ4v) is 5.03. The minimum atomic E-state index is -0.598. The van der Waals surface area contributed by atoms with E-state index in [0.29, 0.717) is 6.61 Å². The monoisotopic (exact) mass is 338 g/mol. The van der Waals surface area contributed by atoms with Gasteiger partial charge in [-0.15, -0.1) is 0 Å². The van der Waals surface area contributed by atoms with Gasteiger partial charge in [0.1, 0.15) is 12.2 Å². The Labute approximate surface area is 142 Å². The van der Waals surface area contributed by atoms with Crippen LogP contribution in [-0.2, 0) is 28.5 Å². The molecule has 2 spiro atoms. The topological polar surface area (TPSA) is 63.2 Å². The van der Waals surface area contributed by atoms with Gasteiger partial charge in [0.15, 0.2) is 23.8 Å². The first-order valence-corrected chi connectivity index (χ1v) is 9.57. The summed E-state index contributed by atoms with van der Waals surface area (Å²) < 4.78 is 30.2. The minimum Gasteiger partial charge on any atom is -0.455 e. The number of carbonyl (C=O) groups excluding carboxylic acids is 1. The molecule has 0 unspecified atom stereocenters. The van der Waals surface area contributed by atoms with Gasteiger partial charge in [-0.05, 0) is 25.7 Å². The molecule has 3 aliphatic heterocycles. The van der Waals surface area contributed by atoms with E-state index in [-0.39, 0.29) is 18.2 Å². The predicted molar refractivity (Wildman–Crippen MR) is 82.1 cm³/mol. The first-order chi connectivity index (χ1) is 11.7. The third-order valence-electron chi connectivity index (χ3n) is 6.27. The van der Waals surface area contributed by atoms with Gasteiger partial charge in [0.25, 0.3) is 0 Å². The third-order valence-corrected chi connectivity index (χ3v) is 6.27. The van der Waals surface area contributed by atoms with Crippen molar-refractivity contribution in [1.82, 2.24) is 0 Å². The van der Waals surface area contributed by atoms with Crippen LogP contribution in [0.2, 0.25) is 0 Å². The number of cyclic esters (lactones) is 1. The Hall–Kier alpha value is -0.690. The lowest BCUT2D eigenvalue weighted by Gasteiger charge is -2.34. The lowest BCUT2D eigenvalue weighted by atomic mass is 9.94. The van der Waals surface area contributed by atoms with E-state index in [1.54, 1.807) is 0 Å². The highest BCUT2D eigenvalue weighted by Gasteiger charge is 2.62. The van der Waals surface area contributed by atoms with Crippen LogP contribution in [0.1, 0.15) is 64.2 Å². The average molecular weight is 338 g/mol. The third kappa shape index (κ3) is 2.42. The second kappa shape index (κ2) is 5.66. The molecule has 24 heavy (non-hydrogen) atoms. The Bertz CT molecular complexity index is 508. The van der Waals surface area contributed by atoms with Crippen molar-refractivity contribution in [3.8, 4) is 0 Å². The number of hydrogen-bond acceptors (Lipinski definition) is 6. The molecule has 0 aromatic carbocycles. The molecule has 2 aliphatic carbocycles. The zero-order valence-corrected chi connectivity index (χ0v) is 14.0. The molecule has 3 saturated heterocycles. The molecule has 5 fully saturated rings. The van der Waals surface area contributed by atoms with E-state index in [2.05, 4.69) is 0 Å². The van der Waals surface area contributed by atoms with Gasteiger partial charge >= 0.3 is 5.97 Å². The second-order valence-corrected chi connectivity index (χ2v) is 7.93. The highest BCUT2D eigenvalue weighted by atomic mass is 16.8. The summed E-state index contributed by atoms with van der Waals surface area (Å²) in [6.45, 7) is 0.470. The number of rotatable bonds is 1. The minimum absolute atomic E-state index is 0.246. The van der Waals surface area contributed by atoms with Gasteiger partial charge in [0, 0.05) is 25.7 Å². The van der Waals surface area contributed by atoms with Crippen LogP contribution in [0.25, 0.3) is 0 Å². The second-order valence-electron chi connectivity index (χ2n) is 7.93. The van der Waals surface area contributed by atoms with Crippen molar-refractivity contribution in [2.45, 2.75) is 100 Å². The van der Waals surface area contributed by atoms with Crippen LogP contribution in [0, 0.1) is 0 Å². The first-order valence-electron chi connectivity index (χ1n) is 9.57. The summed E-state index contributed by atoms with van der Waals surface area (Å²) in [4.78, 5) is 12.3. The van der Waals surface area contributed by atoms with Gasteiger partial charge in [-0.25, -0.2) is 4.79 Å². The lowest BCUT2D eigenvalue weighted by molar-refractivity contribution is -0.230. The van der Waals surface area contributed by atoms with Crippen LogP contribution in [0.4, 0.5) is 0 Å². The van der Waals surface area contributed by atoms with Crippen molar-refractivity contribution in [1.29, 1.82) is 0 Å². The van der Waals surface area contributed by atoms with Crippen molar-refractivity contribution in [3.63, 3.8) is 0 Å². The Morgan fingerprint density at radius 1 is 0.750 bits per heavy atom. The van der Waals surface area contributed by atoms with Crippen molar-refractivity contribution in [2.24, 2.45) is 0 Å². The maximum absolute atomic E-state index is 12.3. The molecule has 0 amide bonds. The summed E-state index contributed by atoms with van der Waals surface area (Å²) in [5.41, 5.74) is 0. The molecule has 2 saturated carbocycles. The summed E-state index contributed by atoms with van der Waals surface area (Å²) in [5.74, 6) is -1.34. The largest absolute Gasteiger partial charge is 0.455 e. The van der Waals surface area contributed by atoms with E-state index >= 15 is 0 Å². The van der Waals surface area contributed by atoms with Crippen molar-refractivity contribution < 1.29 is 28.5 Å². The molecule has 6 heteroatoms. The summed E-state index contributed by atoms with van der Waals surface area (Å²) >= 11 is 0. The molecule has 0 N–H and O–H groups in total. The fraction of sp³-hybridized carbons (Fsp3) is 0.944. The smallest absolute Gasteiger partial charge is 0.338 e. The predicted octanol–water partition coefficient (Wildman–Crippen LogP) is 2.43. The average Bonchev–Trinajstić information content (AvgIpc) is 3.24. The van der Waals surface area contributed by atoms with Gasteiger partial charge in [-0.3, -0.25) is 0 Å². The number of fused-ring (bicyclic) bond motifs is 1. The molecule has 0 aromatic heterocycles. The maximum atomic E-state index is 12.3. The standard InChI is InChI=1S/C18H26O6/c19-16-15-14(23-18(24-15)9-5-2-6-10-18)13(21-16)12-11-20-17(22-12)7-3-1-4-8-17/h12-15H,1-11H2/t12-,13+,14-,15+/m0/s1. The zero-order chi connectivity index (χ0) is 16.2. The van der Waals surface area contributed by atoms with Crippen molar-refractivity contribution in [3.05, 3.63) is 0 Å². The van der Waals surface area contributed by atoms with E-state index in [1.165, 1.54) is 12.8 Å². The van der Waals surface area contributed by atoms with Gasteiger partial charge < -0.3 is 23.7 Å². The highest BCUT2D eigenvalue weighted by molar-refractivity contribution is 5.78.